The quantitative estimate of drug-likeness (QED) is 0.296. The lowest BCUT2D eigenvalue weighted by atomic mass is 10.1. The Hall–Kier alpha value is -3.55. The summed E-state index contributed by atoms with van der Waals surface area (Å²) < 4.78 is 11.3. The lowest BCUT2D eigenvalue weighted by Crippen LogP contribution is -2.30. The molecule has 0 saturated carbocycles. The number of ether oxygens (including phenoxy) is 2. The van der Waals surface area contributed by atoms with Gasteiger partial charge in [-0.25, -0.2) is 5.43 Å². The van der Waals surface area contributed by atoms with Crippen LogP contribution in [0.25, 0.3) is 0 Å². The van der Waals surface area contributed by atoms with Crippen LogP contribution in [-0.4, -0.2) is 31.2 Å². The summed E-state index contributed by atoms with van der Waals surface area (Å²) in [5.41, 5.74) is 4.71. The monoisotopic (exact) mass is 525 g/mol. The third-order valence-electron chi connectivity index (χ3n) is 5.65. The molecule has 36 heavy (non-hydrogen) atoms. The number of nitrogens with zero attached hydrogens (tertiary/aromatic N) is 2. The molecule has 2 amide bonds. The van der Waals surface area contributed by atoms with E-state index in [9.17, 15) is 9.59 Å². The largest absolute Gasteiger partial charge is 0.494 e. The lowest BCUT2D eigenvalue weighted by Gasteiger charge is -2.17. The summed E-state index contributed by atoms with van der Waals surface area (Å²) >= 11 is 12.4. The van der Waals surface area contributed by atoms with Gasteiger partial charge in [0.15, 0.2) is 0 Å². The van der Waals surface area contributed by atoms with Crippen molar-refractivity contribution in [2.45, 2.75) is 20.0 Å². The Morgan fingerprint density at radius 3 is 2.50 bits per heavy atom. The number of hydrogen-bond donors (Lipinski definition) is 1. The third kappa shape index (κ3) is 6.36. The fourth-order valence-electron chi connectivity index (χ4n) is 3.79. The van der Waals surface area contributed by atoms with Gasteiger partial charge in [0.05, 0.1) is 18.7 Å². The van der Waals surface area contributed by atoms with Gasteiger partial charge in [-0.15, -0.1) is 0 Å². The van der Waals surface area contributed by atoms with E-state index in [0.717, 1.165) is 17.0 Å². The highest BCUT2D eigenvalue weighted by molar-refractivity contribution is 6.35. The van der Waals surface area contributed by atoms with Gasteiger partial charge in [0.1, 0.15) is 18.1 Å². The number of carbonyl (C=O) groups excluding carboxylic acids is 2. The molecule has 1 aliphatic rings. The molecule has 3 aromatic carbocycles. The van der Waals surface area contributed by atoms with E-state index in [1.807, 2.05) is 43.3 Å². The predicted octanol–water partition coefficient (Wildman–Crippen LogP) is 5.47. The van der Waals surface area contributed by atoms with Crippen molar-refractivity contribution in [3.63, 3.8) is 0 Å². The highest BCUT2D eigenvalue weighted by Gasteiger charge is 2.35. The molecule has 7 nitrogen and oxygen atoms in total. The molecule has 4 rings (SSSR count). The zero-order chi connectivity index (χ0) is 25.5. The summed E-state index contributed by atoms with van der Waals surface area (Å²) in [6.45, 7) is 2.99. The molecule has 0 spiro atoms. The van der Waals surface area contributed by atoms with Crippen LogP contribution in [0.15, 0.2) is 71.8 Å². The molecule has 1 atom stereocenters. The first-order valence-electron chi connectivity index (χ1n) is 11.5. The Kier molecular flexibility index (Phi) is 8.46. The summed E-state index contributed by atoms with van der Waals surface area (Å²) in [4.78, 5) is 26.7. The van der Waals surface area contributed by atoms with Crippen molar-refractivity contribution < 1.29 is 19.1 Å². The van der Waals surface area contributed by atoms with E-state index in [0.29, 0.717) is 34.5 Å². The van der Waals surface area contributed by atoms with Crippen LogP contribution in [0, 0.1) is 5.92 Å². The number of hydrogen-bond acceptors (Lipinski definition) is 5. The molecule has 1 fully saturated rings. The predicted molar refractivity (Wildman–Crippen MR) is 141 cm³/mol. The maximum absolute atomic E-state index is 12.6. The first-order valence-corrected chi connectivity index (χ1v) is 12.2. The van der Waals surface area contributed by atoms with Gasteiger partial charge < -0.3 is 14.4 Å². The molecular formula is C27H25Cl2N3O4. The van der Waals surface area contributed by atoms with Gasteiger partial charge in [-0.2, -0.15) is 5.10 Å². The van der Waals surface area contributed by atoms with Crippen LogP contribution in [0.4, 0.5) is 5.69 Å². The highest BCUT2D eigenvalue weighted by Crippen LogP contribution is 2.28. The van der Waals surface area contributed by atoms with Gasteiger partial charge in [-0.05, 0) is 61.0 Å². The molecule has 1 aliphatic heterocycles. The minimum absolute atomic E-state index is 0.105. The van der Waals surface area contributed by atoms with Crippen LogP contribution in [0.2, 0.25) is 10.0 Å². The highest BCUT2D eigenvalue weighted by atomic mass is 35.5. The molecule has 0 radical (unpaired) electrons. The van der Waals surface area contributed by atoms with Gasteiger partial charge >= 0.3 is 0 Å². The number of anilines is 1. The minimum Gasteiger partial charge on any atom is -0.494 e. The molecule has 3 aromatic rings. The topological polar surface area (TPSA) is 80.2 Å². The first-order chi connectivity index (χ1) is 17.4. The molecule has 186 valence electrons. The zero-order valence-corrected chi connectivity index (χ0v) is 21.1. The molecule has 0 unspecified atom stereocenters. The number of halogens is 2. The summed E-state index contributed by atoms with van der Waals surface area (Å²) in [6.07, 6.45) is 1.65. The molecule has 9 heteroatoms. The van der Waals surface area contributed by atoms with Crippen LogP contribution in [-0.2, 0) is 16.2 Å². The van der Waals surface area contributed by atoms with Crippen LogP contribution in [0.3, 0.4) is 0 Å². The minimum atomic E-state index is -0.490. The van der Waals surface area contributed by atoms with Crippen LogP contribution >= 0.6 is 23.2 Å². The Morgan fingerprint density at radius 2 is 1.78 bits per heavy atom. The van der Waals surface area contributed by atoms with E-state index in [1.165, 1.54) is 6.21 Å². The molecule has 1 heterocycles. The van der Waals surface area contributed by atoms with E-state index in [1.54, 1.807) is 35.2 Å². The molecule has 0 aliphatic carbocycles. The molecular weight excluding hydrogens is 501 g/mol. The van der Waals surface area contributed by atoms with Crippen molar-refractivity contribution in [2.24, 2.45) is 11.0 Å². The Morgan fingerprint density at radius 1 is 1.06 bits per heavy atom. The smallest absolute Gasteiger partial charge is 0.245 e. The van der Waals surface area contributed by atoms with Crippen molar-refractivity contribution in [2.75, 3.05) is 18.1 Å². The van der Waals surface area contributed by atoms with Crippen LogP contribution in [0.1, 0.15) is 24.5 Å². The van der Waals surface area contributed by atoms with Crippen LogP contribution in [0.5, 0.6) is 11.5 Å². The number of benzene rings is 3. The molecule has 1 saturated heterocycles. The van der Waals surface area contributed by atoms with Gasteiger partial charge in [0.25, 0.3) is 0 Å². The Balaban J connectivity index is 1.31. The molecule has 0 aromatic heterocycles. The van der Waals surface area contributed by atoms with Gasteiger partial charge in [0, 0.05) is 34.3 Å². The zero-order valence-electron chi connectivity index (χ0n) is 19.6. The summed E-state index contributed by atoms with van der Waals surface area (Å²) in [5.74, 6) is 0.434. The second kappa shape index (κ2) is 11.9. The van der Waals surface area contributed by atoms with Crippen molar-refractivity contribution in [1.29, 1.82) is 0 Å². The van der Waals surface area contributed by atoms with Crippen molar-refractivity contribution in [3.8, 4) is 11.5 Å². The Labute approximate surface area is 219 Å². The van der Waals surface area contributed by atoms with E-state index in [4.69, 9.17) is 32.7 Å². The van der Waals surface area contributed by atoms with Crippen molar-refractivity contribution >= 4 is 46.9 Å². The van der Waals surface area contributed by atoms with E-state index >= 15 is 0 Å². The van der Waals surface area contributed by atoms with Gasteiger partial charge in [0.2, 0.25) is 11.8 Å². The van der Waals surface area contributed by atoms with Gasteiger partial charge in [-0.1, -0.05) is 41.4 Å². The SMILES string of the molecule is CCOc1ccc(N2C[C@@H](C(=O)N/N=C\c3cccc(OCc4c(Cl)cccc4Cl)c3)CC2=O)cc1. The number of carbonyl (C=O) groups is 2. The summed E-state index contributed by atoms with van der Waals surface area (Å²) in [6, 6.07) is 19.8. The Bertz CT molecular complexity index is 1240. The lowest BCUT2D eigenvalue weighted by molar-refractivity contribution is -0.126. The second-order valence-corrected chi connectivity index (χ2v) is 8.94. The third-order valence-corrected chi connectivity index (χ3v) is 6.35. The maximum Gasteiger partial charge on any atom is 0.245 e. The first kappa shape index (κ1) is 25.5. The van der Waals surface area contributed by atoms with Crippen molar-refractivity contribution in [3.05, 3.63) is 87.9 Å². The number of nitrogens with one attached hydrogen (secondary N) is 1. The summed E-state index contributed by atoms with van der Waals surface area (Å²) in [7, 11) is 0. The van der Waals surface area contributed by atoms with Crippen molar-refractivity contribution in [1.82, 2.24) is 5.43 Å². The maximum atomic E-state index is 12.6. The molecule has 0 bridgehead atoms. The fraction of sp³-hybridized carbons (Fsp3) is 0.222. The van der Waals surface area contributed by atoms with Gasteiger partial charge in [-0.3, -0.25) is 9.59 Å². The molecule has 1 N–H and O–H groups in total. The fourth-order valence-corrected chi connectivity index (χ4v) is 4.30. The van der Waals surface area contributed by atoms with E-state index < -0.39 is 5.92 Å². The second-order valence-electron chi connectivity index (χ2n) is 8.13. The van der Waals surface area contributed by atoms with E-state index in [2.05, 4.69) is 10.5 Å². The average Bonchev–Trinajstić information content (AvgIpc) is 3.26. The number of hydrazone groups is 1. The average molecular weight is 526 g/mol. The normalized spacial score (nSPS) is 15.4. The van der Waals surface area contributed by atoms with E-state index in [-0.39, 0.29) is 24.8 Å². The number of amides is 2. The summed E-state index contributed by atoms with van der Waals surface area (Å²) in [5, 5.41) is 5.13. The van der Waals surface area contributed by atoms with Crippen LogP contribution < -0.4 is 19.8 Å². The number of rotatable bonds is 9. The standard InChI is InChI=1S/C27H25Cl2N3O4/c1-2-35-21-11-9-20(10-12-21)32-16-19(14-26(32)33)27(34)31-30-15-18-5-3-6-22(13-18)36-17-23-24(28)7-4-8-25(23)29/h3-13,15,19H,2,14,16-17H2,1H3,(H,31,34)/b30-15-/t19-/m0/s1.